The topological polar surface area (TPSA) is 29.5 Å². The molecule has 1 rings (SSSR count). The van der Waals surface area contributed by atoms with Gasteiger partial charge in [0.2, 0.25) is 0 Å². The van der Waals surface area contributed by atoms with Gasteiger partial charge in [0.15, 0.2) is 0 Å². The molecule has 1 unspecified atom stereocenters. The summed E-state index contributed by atoms with van der Waals surface area (Å²) in [6, 6.07) is 7.22. The highest BCUT2D eigenvalue weighted by Gasteiger charge is 2.04. The molecule has 0 saturated carbocycles. The molecule has 2 heteroatoms. The number of aromatic hydroxyl groups is 1. The van der Waals surface area contributed by atoms with Gasteiger partial charge in [-0.15, -0.1) is 0 Å². The first kappa shape index (κ1) is 13.0. The summed E-state index contributed by atoms with van der Waals surface area (Å²) in [5, 5.41) is 9.17. The predicted molar refractivity (Wildman–Crippen MR) is 66.6 cm³/mol. The molecule has 1 aromatic carbocycles. The monoisotopic (exact) mass is 222 g/mol. The Morgan fingerprint density at radius 1 is 1.12 bits per heavy atom. The molecule has 16 heavy (non-hydrogen) atoms. The Morgan fingerprint density at radius 3 is 2.44 bits per heavy atom. The third-order valence-corrected chi connectivity index (χ3v) is 2.73. The number of unbranched alkanes of at least 4 members (excludes halogenated alkanes) is 3. The van der Waals surface area contributed by atoms with Crippen molar-refractivity contribution in [2.24, 2.45) is 0 Å². The lowest BCUT2D eigenvalue weighted by Crippen LogP contribution is -2.01. The Morgan fingerprint density at radius 2 is 1.81 bits per heavy atom. The van der Waals surface area contributed by atoms with Crippen molar-refractivity contribution in [2.45, 2.75) is 45.6 Å². The van der Waals surface area contributed by atoms with Gasteiger partial charge in [0.1, 0.15) is 5.75 Å². The van der Waals surface area contributed by atoms with Crippen molar-refractivity contribution in [2.75, 3.05) is 6.61 Å². The van der Waals surface area contributed by atoms with Crippen molar-refractivity contribution in [3.8, 4) is 5.75 Å². The van der Waals surface area contributed by atoms with E-state index in [9.17, 15) is 5.11 Å². The smallest absolute Gasteiger partial charge is 0.115 e. The van der Waals surface area contributed by atoms with E-state index in [4.69, 9.17) is 4.74 Å². The van der Waals surface area contributed by atoms with Gasteiger partial charge in [0.25, 0.3) is 0 Å². The SMILES string of the molecule is CCCCCCOC(C)c1ccc(O)cc1. The predicted octanol–water partition coefficient (Wildman–Crippen LogP) is 4.05. The molecule has 0 amide bonds. The van der Waals surface area contributed by atoms with Crippen LogP contribution < -0.4 is 0 Å². The van der Waals surface area contributed by atoms with Crippen molar-refractivity contribution in [1.29, 1.82) is 0 Å². The number of hydrogen-bond donors (Lipinski definition) is 1. The fourth-order valence-electron chi connectivity index (χ4n) is 1.63. The van der Waals surface area contributed by atoms with E-state index in [0.717, 1.165) is 18.6 Å². The lowest BCUT2D eigenvalue weighted by atomic mass is 10.1. The summed E-state index contributed by atoms with van der Waals surface area (Å²) in [6.45, 7) is 5.08. The molecule has 0 aromatic heterocycles. The molecule has 1 aromatic rings. The summed E-state index contributed by atoms with van der Waals surface area (Å²) in [4.78, 5) is 0. The Balaban J connectivity index is 2.24. The van der Waals surface area contributed by atoms with Gasteiger partial charge in [0.05, 0.1) is 6.10 Å². The normalized spacial score (nSPS) is 12.6. The maximum Gasteiger partial charge on any atom is 0.115 e. The maximum absolute atomic E-state index is 9.17. The first-order valence-electron chi connectivity index (χ1n) is 6.14. The first-order valence-corrected chi connectivity index (χ1v) is 6.14. The van der Waals surface area contributed by atoms with Crippen LogP contribution in [-0.2, 0) is 4.74 Å². The lowest BCUT2D eigenvalue weighted by Gasteiger charge is -2.13. The molecule has 0 fully saturated rings. The molecule has 0 heterocycles. The van der Waals surface area contributed by atoms with Gasteiger partial charge < -0.3 is 9.84 Å². The molecule has 0 bridgehead atoms. The van der Waals surface area contributed by atoms with Crippen molar-refractivity contribution in [3.05, 3.63) is 29.8 Å². The van der Waals surface area contributed by atoms with E-state index < -0.39 is 0 Å². The van der Waals surface area contributed by atoms with Gasteiger partial charge in [-0.3, -0.25) is 0 Å². The third-order valence-electron chi connectivity index (χ3n) is 2.73. The van der Waals surface area contributed by atoms with E-state index in [1.165, 1.54) is 19.3 Å². The van der Waals surface area contributed by atoms with Crippen molar-refractivity contribution < 1.29 is 9.84 Å². The summed E-state index contributed by atoms with van der Waals surface area (Å²) < 4.78 is 5.73. The minimum Gasteiger partial charge on any atom is -0.508 e. The standard InChI is InChI=1S/C14H22O2/c1-3-4-5-6-11-16-12(2)13-7-9-14(15)10-8-13/h7-10,12,15H,3-6,11H2,1-2H3. The number of phenolic OH excluding ortho intramolecular Hbond substituents is 1. The zero-order chi connectivity index (χ0) is 11.8. The van der Waals surface area contributed by atoms with Crippen molar-refractivity contribution >= 4 is 0 Å². The molecule has 1 N–H and O–H groups in total. The van der Waals surface area contributed by atoms with Crippen LogP contribution in [0.3, 0.4) is 0 Å². The number of phenols is 1. The quantitative estimate of drug-likeness (QED) is 0.705. The van der Waals surface area contributed by atoms with E-state index in [1.807, 2.05) is 19.1 Å². The second-order valence-electron chi connectivity index (χ2n) is 4.17. The average molecular weight is 222 g/mol. The van der Waals surface area contributed by atoms with Gasteiger partial charge in [-0.1, -0.05) is 38.3 Å². The molecule has 0 saturated heterocycles. The molecule has 0 aliphatic heterocycles. The van der Waals surface area contributed by atoms with Crippen molar-refractivity contribution in [3.63, 3.8) is 0 Å². The van der Waals surface area contributed by atoms with Gasteiger partial charge in [-0.2, -0.15) is 0 Å². The summed E-state index contributed by atoms with van der Waals surface area (Å²) in [7, 11) is 0. The highest BCUT2D eigenvalue weighted by Crippen LogP contribution is 2.19. The third kappa shape index (κ3) is 4.67. The van der Waals surface area contributed by atoms with Gasteiger partial charge in [-0.25, -0.2) is 0 Å². The van der Waals surface area contributed by atoms with Crippen molar-refractivity contribution in [1.82, 2.24) is 0 Å². The number of hydrogen-bond acceptors (Lipinski definition) is 2. The van der Waals surface area contributed by atoms with Gasteiger partial charge >= 0.3 is 0 Å². The fourth-order valence-corrected chi connectivity index (χ4v) is 1.63. The van der Waals surface area contributed by atoms with E-state index in [2.05, 4.69) is 6.92 Å². The summed E-state index contributed by atoms with van der Waals surface area (Å²) in [5.41, 5.74) is 1.12. The lowest BCUT2D eigenvalue weighted by molar-refractivity contribution is 0.0628. The van der Waals surface area contributed by atoms with E-state index in [1.54, 1.807) is 12.1 Å². The summed E-state index contributed by atoms with van der Waals surface area (Å²) in [6.07, 6.45) is 5.04. The number of ether oxygens (including phenoxy) is 1. The van der Waals surface area contributed by atoms with Crippen LogP contribution >= 0.6 is 0 Å². The van der Waals surface area contributed by atoms with Crippen LogP contribution in [0.2, 0.25) is 0 Å². The summed E-state index contributed by atoms with van der Waals surface area (Å²) >= 11 is 0. The van der Waals surface area contributed by atoms with Crippen LogP contribution in [0, 0.1) is 0 Å². The Kier molecular flexibility index (Phi) is 5.94. The van der Waals surface area contributed by atoms with E-state index >= 15 is 0 Å². The van der Waals surface area contributed by atoms with Crippen LogP contribution in [0.4, 0.5) is 0 Å². The van der Waals surface area contributed by atoms with Crippen LogP contribution in [0.5, 0.6) is 5.75 Å². The number of benzene rings is 1. The largest absolute Gasteiger partial charge is 0.508 e. The zero-order valence-corrected chi connectivity index (χ0v) is 10.3. The second kappa shape index (κ2) is 7.29. The molecule has 2 nitrogen and oxygen atoms in total. The Bertz CT molecular complexity index is 279. The molecule has 0 aliphatic rings. The minimum atomic E-state index is 0.113. The fraction of sp³-hybridized carbons (Fsp3) is 0.571. The molecular weight excluding hydrogens is 200 g/mol. The van der Waals surface area contributed by atoms with Crippen LogP contribution in [-0.4, -0.2) is 11.7 Å². The second-order valence-corrected chi connectivity index (χ2v) is 4.17. The van der Waals surface area contributed by atoms with E-state index in [-0.39, 0.29) is 6.10 Å². The molecular formula is C14H22O2. The van der Waals surface area contributed by atoms with Crippen LogP contribution in [0.1, 0.15) is 51.2 Å². The van der Waals surface area contributed by atoms with Gasteiger partial charge in [-0.05, 0) is 31.0 Å². The molecule has 0 radical (unpaired) electrons. The average Bonchev–Trinajstić information content (AvgIpc) is 2.29. The molecule has 0 spiro atoms. The Hall–Kier alpha value is -1.02. The molecule has 0 aliphatic carbocycles. The van der Waals surface area contributed by atoms with E-state index in [0.29, 0.717) is 5.75 Å². The molecule has 90 valence electrons. The zero-order valence-electron chi connectivity index (χ0n) is 10.3. The number of rotatable bonds is 7. The summed E-state index contributed by atoms with van der Waals surface area (Å²) in [5.74, 6) is 0.305. The highest BCUT2D eigenvalue weighted by molar-refractivity contribution is 5.26. The molecule has 1 atom stereocenters. The Labute approximate surface area is 98.3 Å². The first-order chi connectivity index (χ1) is 7.74. The maximum atomic E-state index is 9.17. The minimum absolute atomic E-state index is 0.113. The highest BCUT2D eigenvalue weighted by atomic mass is 16.5. The van der Waals surface area contributed by atoms with Crippen LogP contribution in [0.25, 0.3) is 0 Å². The van der Waals surface area contributed by atoms with Crippen LogP contribution in [0.15, 0.2) is 24.3 Å². The van der Waals surface area contributed by atoms with Gasteiger partial charge in [0, 0.05) is 6.61 Å².